The second-order valence-corrected chi connectivity index (χ2v) is 8.36. The number of anilines is 1. The van der Waals surface area contributed by atoms with Crippen molar-refractivity contribution < 1.29 is 4.39 Å². The molecule has 0 unspecified atom stereocenters. The number of pyridine rings is 1. The van der Waals surface area contributed by atoms with Crippen LogP contribution >= 0.6 is 12.2 Å². The first kappa shape index (κ1) is 18.6. The lowest BCUT2D eigenvalue weighted by atomic mass is 9.98. The molecule has 3 aromatic rings. The predicted molar refractivity (Wildman–Crippen MR) is 114 cm³/mol. The molecule has 1 aromatic carbocycles. The Morgan fingerprint density at radius 3 is 2.46 bits per heavy atom. The quantitative estimate of drug-likeness (QED) is 0.637. The van der Waals surface area contributed by atoms with E-state index in [0.29, 0.717) is 10.8 Å². The first-order chi connectivity index (χ1) is 13.4. The van der Waals surface area contributed by atoms with Gasteiger partial charge in [0.2, 0.25) is 0 Å². The van der Waals surface area contributed by atoms with Crippen molar-refractivity contribution in [1.82, 2.24) is 14.9 Å². The molecule has 1 N–H and O–H groups in total. The molecule has 2 aromatic heterocycles. The second kappa shape index (κ2) is 7.02. The summed E-state index contributed by atoms with van der Waals surface area (Å²) in [5.41, 5.74) is 2.35. The Bertz CT molecular complexity index is 993. The average Bonchev–Trinajstić information content (AvgIpc) is 3.27. The van der Waals surface area contributed by atoms with Crippen LogP contribution in [0.25, 0.3) is 0 Å². The van der Waals surface area contributed by atoms with E-state index in [9.17, 15) is 4.39 Å². The summed E-state index contributed by atoms with van der Waals surface area (Å²) in [6.45, 7) is 6.46. The normalized spacial score (nSPS) is 19.7. The number of nitrogens with zero attached hydrogens (tertiary/aromatic N) is 3. The Kier molecular flexibility index (Phi) is 4.67. The Morgan fingerprint density at radius 1 is 1.07 bits per heavy atom. The molecule has 2 atom stereocenters. The first-order valence-electron chi connectivity index (χ1n) is 9.30. The molecule has 0 saturated carbocycles. The third-order valence-electron chi connectivity index (χ3n) is 5.04. The number of hydrogen-bond acceptors (Lipinski definition) is 2. The van der Waals surface area contributed by atoms with Gasteiger partial charge in [-0.3, -0.25) is 4.98 Å². The van der Waals surface area contributed by atoms with Gasteiger partial charge in [-0.2, -0.15) is 0 Å². The molecule has 1 fully saturated rings. The van der Waals surface area contributed by atoms with Crippen LogP contribution < -0.4 is 10.2 Å². The molecule has 0 bridgehead atoms. The highest BCUT2D eigenvalue weighted by molar-refractivity contribution is 7.80. The van der Waals surface area contributed by atoms with Gasteiger partial charge in [0.25, 0.3) is 0 Å². The van der Waals surface area contributed by atoms with E-state index in [1.807, 2.05) is 29.2 Å². The lowest BCUT2D eigenvalue weighted by Gasteiger charge is -2.28. The van der Waals surface area contributed by atoms with Gasteiger partial charge in [-0.05, 0) is 68.9 Å². The summed E-state index contributed by atoms with van der Waals surface area (Å²) in [4.78, 5) is 6.40. The Morgan fingerprint density at radius 2 is 1.82 bits per heavy atom. The number of halogens is 1. The summed E-state index contributed by atoms with van der Waals surface area (Å²) in [5.74, 6) is -0.298. The minimum absolute atomic E-state index is 0.0475. The highest BCUT2D eigenvalue weighted by Crippen LogP contribution is 2.42. The topological polar surface area (TPSA) is 33.1 Å². The number of hydrogen-bond donors (Lipinski definition) is 1. The average molecular weight is 395 g/mol. The maximum absolute atomic E-state index is 14.7. The van der Waals surface area contributed by atoms with Gasteiger partial charge in [-0.1, -0.05) is 18.2 Å². The van der Waals surface area contributed by atoms with E-state index < -0.39 is 0 Å². The molecule has 3 heterocycles. The van der Waals surface area contributed by atoms with Crippen LogP contribution in [0, 0.1) is 5.82 Å². The molecule has 1 saturated heterocycles. The Labute approximate surface area is 170 Å². The van der Waals surface area contributed by atoms with E-state index in [0.717, 1.165) is 11.3 Å². The molecule has 6 heteroatoms. The third-order valence-corrected chi connectivity index (χ3v) is 5.36. The highest BCUT2D eigenvalue weighted by Gasteiger charge is 2.42. The van der Waals surface area contributed by atoms with Crippen LogP contribution in [0.15, 0.2) is 67.1 Å². The molecule has 0 radical (unpaired) electrons. The summed E-state index contributed by atoms with van der Waals surface area (Å²) < 4.78 is 16.8. The van der Waals surface area contributed by atoms with Crippen molar-refractivity contribution in [3.8, 4) is 0 Å². The van der Waals surface area contributed by atoms with Crippen LogP contribution in [0.4, 0.5) is 10.1 Å². The highest BCUT2D eigenvalue weighted by atomic mass is 32.1. The SMILES string of the molecule is CC(C)(C)n1ccc([C@H]2[C@@H](c3ccccn3)NC(=S)N2c2ccccc2F)c1. The monoisotopic (exact) mass is 394 g/mol. The molecule has 0 amide bonds. The number of aromatic nitrogens is 2. The van der Waals surface area contributed by atoms with Crippen molar-refractivity contribution in [2.45, 2.75) is 38.4 Å². The smallest absolute Gasteiger partial charge is 0.174 e. The Balaban J connectivity index is 1.84. The van der Waals surface area contributed by atoms with Gasteiger partial charge in [-0.25, -0.2) is 4.39 Å². The number of nitrogens with one attached hydrogen (secondary N) is 1. The first-order valence-corrected chi connectivity index (χ1v) is 9.70. The lowest BCUT2D eigenvalue weighted by molar-refractivity contribution is 0.397. The van der Waals surface area contributed by atoms with E-state index in [1.54, 1.807) is 18.3 Å². The predicted octanol–water partition coefficient (Wildman–Crippen LogP) is 4.95. The van der Waals surface area contributed by atoms with Crippen molar-refractivity contribution in [2.24, 2.45) is 0 Å². The van der Waals surface area contributed by atoms with E-state index in [1.165, 1.54) is 6.07 Å². The molecule has 1 aliphatic rings. The summed E-state index contributed by atoms with van der Waals surface area (Å²) in [5, 5.41) is 3.86. The van der Waals surface area contributed by atoms with Crippen LogP contribution in [-0.4, -0.2) is 14.7 Å². The second-order valence-electron chi connectivity index (χ2n) is 7.97. The van der Waals surface area contributed by atoms with Crippen molar-refractivity contribution in [1.29, 1.82) is 0 Å². The van der Waals surface area contributed by atoms with Crippen molar-refractivity contribution >= 4 is 23.0 Å². The number of benzene rings is 1. The molecule has 4 nitrogen and oxygen atoms in total. The lowest BCUT2D eigenvalue weighted by Crippen LogP contribution is -2.30. The molecule has 1 aliphatic heterocycles. The molecule has 144 valence electrons. The van der Waals surface area contributed by atoms with Gasteiger partial charge in [0.15, 0.2) is 5.11 Å². The maximum Gasteiger partial charge on any atom is 0.174 e. The van der Waals surface area contributed by atoms with Gasteiger partial charge < -0.3 is 14.8 Å². The van der Waals surface area contributed by atoms with E-state index in [-0.39, 0.29) is 23.4 Å². The third kappa shape index (κ3) is 3.29. The van der Waals surface area contributed by atoms with Crippen LogP contribution in [0.5, 0.6) is 0 Å². The number of para-hydroxylation sites is 1. The maximum atomic E-state index is 14.7. The van der Waals surface area contributed by atoms with Crippen LogP contribution in [0.3, 0.4) is 0 Å². The van der Waals surface area contributed by atoms with Gasteiger partial charge >= 0.3 is 0 Å². The largest absolute Gasteiger partial charge is 0.351 e. The fraction of sp³-hybridized carbons (Fsp3) is 0.273. The van der Waals surface area contributed by atoms with Crippen molar-refractivity contribution in [2.75, 3.05) is 4.90 Å². The van der Waals surface area contributed by atoms with Gasteiger partial charge in [0.05, 0.1) is 23.5 Å². The zero-order chi connectivity index (χ0) is 19.9. The van der Waals surface area contributed by atoms with Crippen LogP contribution in [0.2, 0.25) is 0 Å². The number of rotatable bonds is 3. The molecule has 28 heavy (non-hydrogen) atoms. The fourth-order valence-electron chi connectivity index (χ4n) is 3.61. The van der Waals surface area contributed by atoms with Crippen LogP contribution in [-0.2, 0) is 5.54 Å². The minimum atomic E-state index is -0.298. The zero-order valence-electron chi connectivity index (χ0n) is 16.1. The van der Waals surface area contributed by atoms with Crippen LogP contribution in [0.1, 0.15) is 44.1 Å². The minimum Gasteiger partial charge on any atom is -0.351 e. The molecule has 4 rings (SSSR count). The van der Waals surface area contributed by atoms with Crippen molar-refractivity contribution in [3.63, 3.8) is 0 Å². The van der Waals surface area contributed by atoms with E-state index in [4.69, 9.17) is 12.2 Å². The summed E-state index contributed by atoms with van der Waals surface area (Å²) in [6, 6.07) is 14.2. The van der Waals surface area contributed by atoms with E-state index >= 15 is 0 Å². The standard InChI is InChI=1S/C22H23FN4S/c1-22(2,3)26-13-11-15(14-26)20-19(17-9-6-7-12-24-17)25-21(28)27(20)18-10-5-4-8-16(18)23/h4-14,19-20H,1-3H3,(H,25,28)/t19-,20+/m1/s1. The molecular weight excluding hydrogens is 371 g/mol. The fourth-order valence-corrected chi connectivity index (χ4v) is 3.94. The van der Waals surface area contributed by atoms with Gasteiger partial charge in [-0.15, -0.1) is 0 Å². The zero-order valence-corrected chi connectivity index (χ0v) is 16.9. The summed E-state index contributed by atoms with van der Waals surface area (Å²) in [6.07, 6.45) is 5.94. The molecular formula is C22H23FN4S. The van der Waals surface area contributed by atoms with Gasteiger partial charge in [0, 0.05) is 24.1 Å². The van der Waals surface area contributed by atoms with Gasteiger partial charge in [0.1, 0.15) is 5.82 Å². The summed E-state index contributed by atoms with van der Waals surface area (Å²) >= 11 is 5.63. The van der Waals surface area contributed by atoms with E-state index in [2.05, 4.69) is 54.1 Å². The van der Waals surface area contributed by atoms with Crippen molar-refractivity contribution in [3.05, 3.63) is 84.2 Å². The summed E-state index contributed by atoms with van der Waals surface area (Å²) in [7, 11) is 0. The number of thiocarbonyl (C=S) groups is 1. The molecule has 0 aliphatic carbocycles. The Hall–Kier alpha value is -2.73. The molecule has 0 spiro atoms.